The molecule has 0 aliphatic carbocycles. The van der Waals surface area contributed by atoms with Gasteiger partial charge in [0, 0.05) is 34.6 Å². The molecule has 0 aliphatic rings. The second-order valence-corrected chi connectivity index (χ2v) is 14.8. The fourth-order valence-electron chi connectivity index (χ4n) is 5.20. The number of hydrogen-bond donors (Lipinski definition) is 1. The molecule has 0 fully saturated rings. The van der Waals surface area contributed by atoms with Gasteiger partial charge in [0.15, 0.2) is 0 Å². The molecule has 0 saturated carbocycles. The molecule has 1 N–H and O–H groups in total. The molecule has 0 saturated heterocycles. The minimum Gasteiger partial charge on any atom is -0.507 e. The molecule has 0 aromatic heterocycles. The Kier molecular flexibility index (Phi) is 11.0. The highest BCUT2D eigenvalue weighted by Gasteiger charge is 2.34. The minimum absolute atomic E-state index is 0.0431. The van der Waals surface area contributed by atoms with Gasteiger partial charge in [-0.1, -0.05) is 121 Å². The van der Waals surface area contributed by atoms with E-state index in [-0.39, 0.29) is 33.5 Å². The molecule has 3 heteroatoms. The highest BCUT2D eigenvalue weighted by Crippen LogP contribution is 2.48. The Morgan fingerprint density at radius 2 is 1.10 bits per heavy atom. The van der Waals surface area contributed by atoms with Crippen molar-refractivity contribution >= 4 is 5.97 Å². The van der Waals surface area contributed by atoms with Crippen LogP contribution in [0.15, 0.2) is 24.3 Å². The summed E-state index contributed by atoms with van der Waals surface area (Å²) in [5.41, 5.74) is 5.95. The monoisotopic (exact) mass is 564 g/mol. The first kappa shape index (κ1) is 34.9. The molecule has 2 aromatic carbocycles. The molecule has 0 heterocycles. The lowest BCUT2D eigenvalue weighted by Crippen LogP contribution is -2.24. The summed E-state index contributed by atoms with van der Waals surface area (Å²) in [6.07, 6.45) is 4.92. The van der Waals surface area contributed by atoms with E-state index in [4.69, 9.17) is 4.74 Å². The number of benzene rings is 2. The Hall–Kier alpha value is -2.29. The van der Waals surface area contributed by atoms with Crippen molar-refractivity contribution in [1.82, 2.24) is 0 Å². The van der Waals surface area contributed by atoms with Crippen molar-refractivity contribution < 1.29 is 14.6 Å². The van der Waals surface area contributed by atoms with Gasteiger partial charge in [-0.05, 0) is 64.9 Å². The summed E-state index contributed by atoms with van der Waals surface area (Å²) < 4.78 is 6.31. The van der Waals surface area contributed by atoms with Gasteiger partial charge in [0.1, 0.15) is 11.5 Å². The summed E-state index contributed by atoms with van der Waals surface area (Å²) in [5, 5.41) is 12.0. The van der Waals surface area contributed by atoms with Crippen LogP contribution in [0.5, 0.6) is 11.5 Å². The Balaban J connectivity index is 3.08. The van der Waals surface area contributed by atoms with Crippen LogP contribution in [-0.4, -0.2) is 11.1 Å². The number of esters is 1. The predicted octanol–water partition coefficient (Wildman–Crippen LogP) is 11.0. The van der Waals surface area contributed by atoms with E-state index in [1.165, 1.54) is 11.1 Å². The molecule has 0 bridgehead atoms. The molecule has 0 radical (unpaired) electrons. The molecule has 230 valence electrons. The average molecular weight is 565 g/mol. The van der Waals surface area contributed by atoms with Gasteiger partial charge < -0.3 is 9.84 Å². The lowest BCUT2D eigenvalue weighted by Gasteiger charge is -2.34. The SMILES string of the molecule is CCCC(=O)Oc1c(C(C)c2cc(C(C)(C)CC)cc(C(C)(C)CC)c2O)cc(C(C)(C)CC)cc1C(C)(C)CC. The Morgan fingerprint density at radius 3 is 1.54 bits per heavy atom. The van der Waals surface area contributed by atoms with Gasteiger partial charge in [-0.25, -0.2) is 0 Å². The fraction of sp³-hybridized carbons (Fsp3) is 0.658. The van der Waals surface area contributed by atoms with E-state index in [1.54, 1.807) is 0 Å². The summed E-state index contributed by atoms with van der Waals surface area (Å²) in [5.74, 6) is 0.656. The third kappa shape index (κ3) is 7.38. The summed E-state index contributed by atoms with van der Waals surface area (Å²) in [6.45, 7) is 31.0. The van der Waals surface area contributed by atoms with E-state index in [0.29, 0.717) is 17.9 Å². The molecule has 41 heavy (non-hydrogen) atoms. The maximum Gasteiger partial charge on any atom is 0.311 e. The zero-order chi connectivity index (χ0) is 31.6. The van der Waals surface area contributed by atoms with Crippen molar-refractivity contribution in [3.05, 3.63) is 57.6 Å². The Labute approximate surface area is 252 Å². The van der Waals surface area contributed by atoms with Gasteiger partial charge in [0.05, 0.1) is 0 Å². The van der Waals surface area contributed by atoms with Gasteiger partial charge in [0.2, 0.25) is 0 Å². The van der Waals surface area contributed by atoms with Crippen LogP contribution in [0.3, 0.4) is 0 Å². The van der Waals surface area contributed by atoms with Gasteiger partial charge in [0.25, 0.3) is 0 Å². The van der Waals surface area contributed by atoms with Crippen LogP contribution in [0.4, 0.5) is 0 Å². The number of aromatic hydroxyl groups is 1. The Bertz CT molecular complexity index is 1210. The molecular weight excluding hydrogens is 504 g/mol. The zero-order valence-electron chi connectivity index (χ0n) is 28.9. The van der Waals surface area contributed by atoms with Crippen LogP contribution in [0.25, 0.3) is 0 Å². The van der Waals surface area contributed by atoms with Gasteiger partial charge >= 0.3 is 5.97 Å². The number of ether oxygens (including phenoxy) is 1. The fourth-order valence-corrected chi connectivity index (χ4v) is 5.20. The van der Waals surface area contributed by atoms with E-state index in [9.17, 15) is 9.90 Å². The zero-order valence-corrected chi connectivity index (χ0v) is 28.9. The number of carbonyl (C=O) groups excluding carboxylic acids is 1. The molecule has 0 spiro atoms. The third-order valence-corrected chi connectivity index (χ3v) is 10.4. The molecular formula is C38H60O3. The van der Waals surface area contributed by atoms with Gasteiger partial charge in [-0.15, -0.1) is 0 Å². The summed E-state index contributed by atoms with van der Waals surface area (Å²) in [6, 6.07) is 8.96. The first-order chi connectivity index (χ1) is 18.8. The predicted molar refractivity (Wildman–Crippen MR) is 176 cm³/mol. The van der Waals surface area contributed by atoms with E-state index >= 15 is 0 Å². The molecule has 3 nitrogen and oxygen atoms in total. The summed E-state index contributed by atoms with van der Waals surface area (Å²) in [4.78, 5) is 13.1. The van der Waals surface area contributed by atoms with Crippen LogP contribution in [0.2, 0.25) is 0 Å². The van der Waals surface area contributed by atoms with Crippen molar-refractivity contribution in [2.75, 3.05) is 0 Å². The van der Waals surface area contributed by atoms with Crippen molar-refractivity contribution in [2.45, 2.75) is 163 Å². The normalized spacial score (nSPS) is 13.8. The molecule has 0 aliphatic heterocycles. The van der Waals surface area contributed by atoms with Crippen molar-refractivity contribution in [3.8, 4) is 11.5 Å². The van der Waals surface area contributed by atoms with Crippen molar-refractivity contribution in [3.63, 3.8) is 0 Å². The highest BCUT2D eigenvalue weighted by molar-refractivity contribution is 5.74. The summed E-state index contributed by atoms with van der Waals surface area (Å²) >= 11 is 0. The topological polar surface area (TPSA) is 46.5 Å². The molecule has 1 atom stereocenters. The average Bonchev–Trinajstić information content (AvgIpc) is 2.92. The lowest BCUT2D eigenvalue weighted by atomic mass is 9.71. The van der Waals surface area contributed by atoms with Crippen LogP contribution in [0.1, 0.15) is 175 Å². The third-order valence-electron chi connectivity index (χ3n) is 10.4. The van der Waals surface area contributed by atoms with E-state index in [2.05, 4.69) is 114 Å². The first-order valence-corrected chi connectivity index (χ1v) is 16.1. The quantitative estimate of drug-likeness (QED) is 0.194. The standard InChI is InChI=1S/C38H60O3/c1-15-20-32(39)41-34-29(22-27(36(9,10)17-3)24-31(34)38(13,14)19-5)25(6)28-21-26(35(7,8)16-2)23-30(33(28)40)37(11,12)18-4/h21-25,40H,15-20H2,1-14H3. The van der Waals surface area contributed by atoms with Crippen molar-refractivity contribution in [1.29, 1.82) is 0 Å². The Morgan fingerprint density at radius 1 is 0.683 bits per heavy atom. The molecule has 2 aromatic rings. The first-order valence-electron chi connectivity index (χ1n) is 16.1. The van der Waals surface area contributed by atoms with Crippen molar-refractivity contribution in [2.24, 2.45) is 0 Å². The van der Waals surface area contributed by atoms with E-state index in [0.717, 1.165) is 54.4 Å². The maximum atomic E-state index is 13.1. The summed E-state index contributed by atoms with van der Waals surface area (Å²) in [7, 11) is 0. The van der Waals surface area contributed by atoms with Gasteiger partial charge in [-0.3, -0.25) is 4.79 Å². The van der Waals surface area contributed by atoms with Crippen LogP contribution >= 0.6 is 0 Å². The number of carbonyl (C=O) groups is 1. The number of phenols is 1. The molecule has 1 unspecified atom stereocenters. The number of phenolic OH excluding ortho intramolecular Hbond substituents is 1. The largest absolute Gasteiger partial charge is 0.507 e. The molecule has 0 amide bonds. The molecule has 2 rings (SSSR count). The minimum atomic E-state index is -0.200. The second-order valence-electron chi connectivity index (χ2n) is 14.8. The van der Waals surface area contributed by atoms with Crippen LogP contribution < -0.4 is 4.74 Å². The maximum absolute atomic E-state index is 13.1. The number of hydrogen-bond acceptors (Lipinski definition) is 3. The second kappa shape index (κ2) is 12.9. The van der Waals surface area contributed by atoms with E-state index < -0.39 is 0 Å². The van der Waals surface area contributed by atoms with Crippen LogP contribution in [0, 0.1) is 0 Å². The number of rotatable bonds is 13. The van der Waals surface area contributed by atoms with Gasteiger partial charge in [-0.2, -0.15) is 0 Å². The highest BCUT2D eigenvalue weighted by atomic mass is 16.5. The lowest BCUT2D eigenvalue weighted by molar-refractivity contribution is -0.134. The van der Waals surface area contributed by atoms with E-state index in [1.807, 2.05) is 6.92 Å². The van der Waals surface area contributed by atoms with Crippen LogP contribution in [-0.2, 0) is 26.5 Å². The smallest absolute Gasteiger partial charge is 0.311 e.